The summed E-state index contributed by atoms with van der Waals surface area (Å²) in [6.45, 7) is 10.7. The molecule has 20 heavy (non-hydrogen) atoms. The number of thiol groups is 1. The Balaban J connectivity index is 2.87. The zero-order valence-corrected chi connectivity index (χ0v) is 14.8. The fourth-order valence-electron chi connectivity index (χ4n) is 3.32. The van der Waals surface area contributed by atoms with Crippen LogP contribution in [-0.2, 0) is 9.53 Å². The van der Waals surface area contributed by atoms with Gasteiger partial charge in [0, 0.05) is 5.75 Å². The molecular weight excluding hydrogens is 268 g/mol. The molecular formula is C17H32O2S. The van der Waals surface area contributed by atoms with E-state index in [1.54, 1.807) is 0 Å². The van der Waals surface area contributed by atoms with Crippen LogP contribution >= 0.6 is 12.6 Å². The van der Waals surface area contributed by atoms with Gasteiger partial charge in [0.1, 0.15) is 5.60 Å². The van der Waals surface area contributed by atoms with E-state index in [4.69, 9.17) is 4.74 Å². The van der Waals surface area contributed by atoms with Gasteiger partial charge >= 0.3 is 5.97 Å². The van der Waals surface area contributed by atoms with Crippen LogP contribution in [0.1, 0.15) is 73.1 Å². The zero-order chi connectivity index (χ0) is 15.4. The number of carbonyl (C=O) groups is 1. The van der Waals surface area contributed by atoms with E-state index in [2.05, 4.69) is 47.2 Å². The van der Waals surface area contributed by atoms with Crippen LogP contribution < -0.4 is 0 Å². The average molecular weight is 301 g/mol. The molecule has 3 heteroatoms. The highest BCUT2D eigenvalue weighted by atomic mass is 32.1. The average Bonchev–Trinajstić information content (AvgIpc) is 2.35. The molecule has 0 amide bonds. The number of rotatable bonds is 6. The van der Waals surface area contributed by atoms with Gasteiger partial charge in [-0.3, -0.25) is 4.79 Å². The Morgan fingerprint density at radius 2 is 1.75 bits per heavy atom. The number of hydrogen-bond donors (Lipinski definition) is 1. The molecule has 1 atom stereocenters. The molecule has 1 aliphatic rings. The van der Waals surface area contributed by atoms with Crippen molar-refractivity contribution in [1.29, 1.82) is 0 Å². The van der Waals surface area contributed by atoms with Crippen molar-refractivity contribution in [3.63, 3.8) is 0 Å². The standard InChI is InChI=1S/C17H32O2S/c1-13(2)11-17(12-20,14(3)4)15(18)19-16(5)9-7-6-8-10-16/h13-14,20H,6-12H2,1-5H3. The van der Waals surface area contributed by atoms with Crippen molar-refractivity contribution in [3.05, 3.63) is 0 Å². The van der Waals surface area contributed by atoms with Gasteiger partial charge in [-0.2, -0.15) is 12.6 Å². The molecule has 0 aromatic rings. The highest BCUT2D eigenvalue weighted by molar-refractivity contribution is 7.80. The Morgan fingerprint density at radius 3 is 2.15 bits per heavy atom. The monoisotopic (exact) mass is 300 g/mol. The van der Waals surface area contributed by atoms with Crippen molar-refractivity contribution >= 4 is 18.6 Å². The normalized spacial score (nSPS) is 21.8. The van der Waals surface area contributed by atoms with Crippen molar-refractivity contribution in [1.82, 2.24) is 0 Å². The van der Waals surface area contributed by atoms with Gasteiger partial charge in [0.05, 0.1) is 5.41 Å². The predicted octanol–water partition coefficient (Wildman–Crippen LogP) is 4.87. The van der Waals surface area contributed by atoms with Crippen molar-refractivity contribution in [2.45, 2.75) is 78.7 Å². The fraction of sp³-hybridized carbons (Fsp3) is 0.941. The van der Waals surface area contributed by atoms with Crippen LogP contribution in [0.5, 0.6) is 0 Å². The molecule has 118 valence electrons. The maximum absolute atomic E-state index is 12.9. The van der Waals surface area contributed by atoms with E-state index < -0.39 is 5.41 Å². The third kappa shape index (κ3) is 4.16. The second kappa shape index (κ2) is 7.20. The van der Waals surface area contributed by atoms with E-state index >= 15 is 0 Å². The Labute approximate surface area is 130 Å². The molecule has 0 heterocycles. The molecule has 1 saturated carbocycles. The Morgan fingerprint density at radius 1 is 1.20 bits per heavy atom. The van der Waals surface area contributed by atoms with Crippen molar-refractivity contribution in [2.75, 3.05) is 5.75 Å². The molecule has 0 N–H and O–H groups in total. The van der Waals surface area contributed by atoms with Gasteiger partial charge < -0.3 is 4.74 Å². The first-order chi connectivity index (χ1) is 9.26. The number of esters is 1. The molecule has 0 aromatic heterocycles. The Bertz CT molecular complexity index is 319. The van der Waals surface area contributed by atoms with E-state index in [-0.39, 0.29) is 17.5 Å². The number of ether oxygens (including phenoxy) is 1. The molecule has 0 bridgehead atoms. The summed E-state index contributed by atoms with van der Waals surface area (Å²) in [5, 5.41) is 0. The van der Waals surface area contributed by atoms with E-state index in [1.807, 2.05) is 0 Å². The summed E-state index contributed by atoms with van der Waals surface area (Å²) >= 11 is 4.50. The van der Waals surface area contributed by atoms with Crippen molar-refractivity contribution in [3.8, 4) is 0 Å². The molecule has 0 radical (unpaired) electrons. The van der Waals surface area contributed by atoms with Gasteiger partial charge in [0.25, 0.3) is 0 Å². The van der Waals surface area contributed by atoms with Crippen LogP contribution in [-0.4, -0.2) is 17.3 Å². The predicted molar refractivity (Wildman–Crippen MR) is 88.2 cm³/mol. The summed E-state index contributed by atoms with van der Waals surface area (Å²) in [5.74, 6) is 1.26. The van der Waals surface area contributed by atoms with Gasteiger partial charge in [0.2, 0.25) is 0 Å². The first kappa shape index (κ1) is 17.9. The second-order valence-corrected chi connectivity index (χ2v) is 7.78. The third-order valence-corrected chi connectivity index (χ3v) is 5.38. The summed E-state index contributed by atoms with van der Waals surface area (Å²) < 4.78 is 6.01. The highest BCUT2D eigenvalue weighted by Crippen LogP contribution is 2.40. The summed E-state index contributed by atoms with van der Waals surface area (Å²) in [6, 6.07) is 0. The minimum absolute atomic E-state index is 0.0272. The van der Waals surface area contributed by atoms with Crippen LogP contribution in [0, 0.1) is 17.3 Å². The highest BCUT2D eigenvalue weighted by Gasteiger charge is 2.45. The molecule has 2 nitrogen and oxygen atoms in total. The van der Waals surface area contributed by atoms with Crippen LogP contribution in [0.25, 0.3) is 0 Å². The topological polar surface area (TPSA) is 26.3 Å². The van der Waals surface area contributed by atoms with Gasteiger partial charge in [-0.1, -0.05) is 34.1 Å². The SMILES string of the molecule is CC(C)CC(CS)(C(=O)OC1(C)CCCCC1)C(C)C. The lowest BCUT2D eigenvalue weighted by Crippen LogP contribution is -2.46. The maximum atomic E-state index is 12.9. The lowest BCUT2D eigenvalue weighted by Gasteiger charge is -2.41. The van der Waals surface area contributed by atoms with Gasteiger partial charge in [-0.05, 0) is 50.9 Å². The number of hydrogen-bond acceptors (Lipinski definition) is 3. The molecule has 1 unspecified atom stereocenters. The van der Waals surface area contributed by atoms with E-state index in [1.165, 1.54) is 19.3 Å². The smallest absolute Gasteiger partial charge is 0.313 e. The molecule has 1 rings (SSSR count). The number of carbonyl (C=O) groups excluding carboxylic acids is 1. The largest absolute Gasteiger partial charge is 0.459 e. The summed E-state index contributed by atoms with van der Waals surface area (Å²) in [6.07, 6.45) is 6.46. The molecule has 0 aromatic carbocycles. The lowest BCUT2D eigenvalue weighted by atomic mass is 9.72. The molecule has 1 fully saturated rings. The fourth-order valence-corrected chi connectivity index (χ4v) is 3.95. The molecule has 0 spiro atoms. The van der Waals surface area contributed by atoms with Crippen LogP contribution in [0.3, 0.4) is 0 Å². The quantitative estimate of drug-likeness (QED) is 0.559. The molecule has 0 aliphatic heterocycles. The van der Waals surface area contributed by atoms with E-state index in [0.717, 1.165) is 19.3 Å². The minimum atomic E-state index is -0.447. The van der Waals surface area contributed by atoms with Gasteiger partial charge in [-0.15, -0.1) is 0 Å². The third-order valence-electron chi connectivity index (χ3n) is 4.82. The molecule has 0 saturated heterocycles. The van der Waals surface area contributed by atoms with Crippen LogP contribution in [0.4, 0.5) is 0 Å². The van der Waals surface area contributed by atoms with Crippen LogP contribution in [0.15, 0.2) is 0 Å². The maximum Gasteiger partial charge on any atom is 0.313 e. The zero-order valence-electron chi connectivity index (χ0n) is 13.9. The first-order valence-electron chi connectivity index (χ1n) is 8.10. The van der Waals surface area contributed by atoms with E-state index in [0.29, 0.717) is 11.7 Å². The van der Waals surface area contributed by atoms with E-state index in [9.17, 15) is 4.79 Å². The first-order valence-corrected chi connectivity index (χ1v) is 8.73. The molecule has 1 aliphatic carbocycles. The van der Waals surface area contributed by atoms with Gasteiger partial charge in [0.15, 0.2) is 0 Å². The lowest BCUT2D eigenvalue weighted by molar-refractivity contribution is -0.176. The van der Waals surface area contributed by atoms with Crippen LogP contribution in [0.2, 0.25) is 0 Å². The minimum Gasteiger partial charge on any atom is -0.459 e. The van der Waals surface area contributed by atoms with Crippen molar-refractivity contribution in [2.24, 2.45) is 17.3 Å². The Hall–Kier alpha value is -0.180. The van der Waals surface area contributed by atoms with Crippen molar-refractivity contribution < 1.29 is 9.53 Å². The summed E-state index contributed by atoms with van der Waals surface area (Å²) in [4.78, 5) is 12.9. The second-order valence-electron chi connectivity index (χ2n) is 7.47. The Kier molecular flexibility index (Phi) is 6.43. The summed E-state index contributed by atoms with van der Waals surface area (Å²) in [5.41, 5.74) is -0.701. The van der Waals surface area contributed by atoms with Gasteiger partial charge in [-0.25, -0.2) is 0 Å². The summed E-state index contributed by atoms with van der Waals surface area (Å²) in [7, 11) is 0.